The monoisotopic (exact) mass is 329 g/mol. The molecule has 2 fully saturated rings. The Kier molecular flexibility index (Phi) is 4.28. The number of benzene rings is 1. The zero-order valence-corrected chi connectivity index (χ0v) is 13.0. The SMILES string of the molecule is N#CC1(c2ccc(N3C[C@H](CN=[N+]=[N-])OC3=O)cc2F)CCCC1. The topological polar surface area (TPSA) is 102 Å². The third kappa shape index (κ3) is 2.74. The zero-order valence-electron chi connectivity index (χ0n) is 13.0. The van der Waals surface area contributed by atoms with E-state index in [-0.39, 0.29) is 13.1 Å². The first-order valence-corrected chi connectivity index (χ1v) is 7.80. The van der Waals surface area contributed by atoms with E-state index in [2.05, 4.69) is 16.1 Å². The largest absolute Gasteiger partial charge is 0.444 e. The predicted octanol–water partition coefficient (Wildman–Crippen LogP) is 3.80. The van der Waals surface area contributed by atoms with E-state index in [0.717, 1.165) is 12.8 Å². The van der Waals surface area contributed by atoms with Gasteiger partial charge < -0.3 is 4.74 Å². The van der Waals surface area contributed by atoms with E-state index in [1.165, 1.54) is 11.0 Å². The maximum absolute atomic E-state index is 14.6. The van der Waals surface area contributed by atoms with Crippen LogP contribution in [-0.2, 0) is 10.2 Å². The van der Waals surface area contributed by atoms with Crippen LogP contribution < -0.4 is 4.90 Å². The minimum absolute atomic E-state index is 0.0385. The van der Waals surface area contributed by atoms with Gasteiger partial charge >= 0.3 is 6.09 Å². The molecule has 1 aromatic carbocycles. The number of nitrogens with zero attached hydrogens (tertiary/aromatic N) is 5. The molecule has 8 heteroatoms. The van der Waals surface area contributed by atoms with Gasteiger partial charge in [-0.25, -0.2) is 9.18 Å². The van der Waals surface area contributed by atoms with Crippen molar-refractivity contribution in [2.24, 2.45) is 5.11 Å². The molecule has 2 aliphatic rings. The van der Waals surface area contributed by atoms with Gasteiger partial charge in [0.2, 0.25) is 0 Å². The lowest BCUT2D eigenvalue weighted by Gasteiger charge is -2.22. The maximum atomic E-state index is 14.6. The first-order chi connectivity index (χ1) is 11.6. The van der Waals surface area contributed by atoms with E-state index in [1.807, 2.05) is 0 Å². The van der Waals surface area contributed by atoms with Crippen molar-refractivity contribution in [3.63, 3.8) is 0 Å². The molecule has 1 aromatic rings. The Hall–Kier alpha value is -2.78. The number of hydrogen-bond acceptors (Lipinski definition) is 4. The fourth-order valence-corrected chi connectivity index (χ4v) is 3.43. The van der Waals surface area contributed by atoms with E-state index in [4.69, 9.17) is 10.3 Å². The normalized spacial score (nSPS) is 21.9. The van der Waals surface area contributed by atoms with Crippen molar-refractivity contribution in [2.75, 3.05) is 18.0 Å². The first-order valence-electron chi connectivity index (χ1n) is 7.80. The lowest BCUT2D eigenvalue weighted by atomic mass is 9.80. The molecule has 3 rings (SSSR count). The number of anilines is 1. The molecule has 1 saturated carbocycles. The molecule has 1 heterocycles. The van der Waals surface area contributed by atoms with Gasteiger partial charge in [-0.1, -0.05) is 24.0 Å². The van der Waals surface area contributed by atoms with Gasteiger partial charge in [-0.2, -0.15) is 5.26 Å². The van der Waals surface area contributed by atoms with Gasteiger partial charge in [0.15, 0.2) is 0 Å². The molecule has 0 N–H and O–H groups in total. The Morgan fingerprint density at radius 1 is 1.50 bits per heavy atom. The summed E-state index contributed by atoms with van der Waals surface area (Å²) >= 11 is 0. The van der Waals surface area contributed by atoms with Crippen LogP contribution in [0, 0.1) is 17.1 Å². The number of azide groups is 1. The number of ether oxygens (including phenoxy) is 1. The molecule has 0 spiro atoms. The summed E-state index contributed by atoms with van der Waals surface area (Å²) in [6, 6.07) is 6.76. The number of amides is 1. The summed E-state index contributed by atoms with van der Waals surface area (Å²) in [5.41, 5.74) is 8.32. The molecule has 0 aromatic heterocycles. The van der Waals surface area contributed by atoms with Crippen LogP contribution in [-0.4, -0.2) is 25.3 Å². The van der Waals surface area contributed by atoms with Gasteiger partial charge in [0, 0.05) is 10.5 Å². The number of cyclic esters (lactones) is 1. The molecular weight excluding hydrogens is 313 g/mol. The zero-order chi connectivity index (χ0) is 17.2. The van der Waals surface area contributed by atoms with Crippen LogP contribution in [0.5, 0.6) is 0 Å². The summed E-state index contributed by atoms with van der Waals surface area (Å²) in [4.78, 5) is 15.9. The second-order valence-electron chi connectivity index (χ2n) is 6.09. The van der Waals surface area contributed by atoms with Gasteiger partial charge in [0.05, 0.1) is 30.3 Å². The number of rotatable bonds is 4. The molecule has 0 radical (unpaired) electrons. The molecule has 0 bridgehead atoms. The van der Waals surface area contributed by atoms with Crippen LogP contribution >= 0.6 is 0 Å². The Labute approximate surface area is 138 Å². The summed E-state index contributed by atoms with van der Waals surface area (Å²) in [5.74, 6) is -0.484. The highest BCUT2D eigenvalue weighted by Crippen LogP contribution is 2.42. The van der Waals surface area contributed by atoms with Crippen LogP contribution in [0.25, 0.3) is 10.4 Å². The summed E-state index contributed by atoms with van der Waals surface area (Å²) < 4.78 is 19.7. The maximum Gasteiger partial charge on any atom is 0.414 e. The smallest absolute Gasteiger partial charge is 0.414 e. The lowest BCUT2D eigenvalue weighted by molar-refractivity contribution is 0.145. The van der Waals surface area contributed by atoms with Gasteiger partial charge in [0.25, 0.3) is 0 Å². The summed E-state index contributed by atoms with van der Waals surface area (Å²) in [6.45, 7) is 0.233. The van der Waals surface area contributed by atoms with Crippen molar-refractivity contribution in [1.82, 2.24) is 0 Å². The average Bonchev–Trinajstić information content (AvgIpc) is 3.20. The molecule has 1 aliphatic heterocycles. The summed E-state index contributed by atoms with van der Waals surface area (Å²) in [5, 5.41) is 12.9. The molecule has 1 saturated heterocycles. The van der Waals surface area contributed by atoms with E-state index >= 15 is 0 Å². The van der Waals surface area contributed by atoms with Crippen LogP contribution in [0.1, 0.15) is 31.2 Å². The van der Waals surface area contributed by atoms with Gasteiger partial charge in [0.1, 0.15) is 11.9 Å². The minimum atomic E-state index is -0.766. The molecule has 24 heavy (non-hydrogen) atoms. The minimum Gasteiger partial charge on any atom is -0.444 e. The first kappa shape index (κ1) is 16.1. The molecular formula is C16H16FN5O2. The number of nitriles is 1. The third-order valence-electron chi connectivity index (χ3n) is 4.67. The number of carbonyl (C=O) groups excluding carboxylic acids is 1. The molecule has 7 nitrogen and oxygen atoms in total. The van der Waals surface area contributed by atoms with Crippen molar-refractivity contribution in [1.29, 1.82) is 5.26 Å². The average molecular weight is 329 g/mol. The molecule has 1 atom stereocenters. The fraction of sp³-hybridized carbons (Fsp3) is 0.500. The van der Waals surface area contributed by atoms with Gasteiger partial charge in [-0.05, 0) is 30.5 Å². The van der Waals surface area contributed by atoms with Crippen LogP contribution in [0.2, 0.25) is 0 Å². The van der Waals surface area contributed by atoms with Crippen molar-refractivity contribution in [2.45, 2.75) is 37.2 Å². The fourth-order valence-electron chi connectivity index (χ4n) is 3.43. The van der Waals surface area contributed by atoms with Gasteiger partial charge in [-0.15, -0.1) is 0 Å². The molecule has 1 aliphatic carbocycles. The Morgan fingerprint density at radius 3 is 2.88 bits per heavy atom. The van der Waals surface area contributed by atoms with E-state index in [1.54, 1.807) is 12.1 Å². The number of halogens is 1. The van der Waals surface area contributed by atoms with Crippen LogP contribution in [0.4, 0.5) is 14.9 Å². The molecule has 0 unspecified atom stereocenters. The standard InChI is InChI=1S/C16H16FN5O2/c17-14-7-11(22-9-12(8-20-21-19)24-15(22)23)3-4-13(14)16(10-18)5-1-2-6-16/h3-4,7,12H,1-2,5-6,8-9H2/t12-/m0/s1. The molecule has 124 valence electrons. The third-order valence-corrected chi connectivity index (χ3v) is 4.67. The highest BCUT2D eigenvalue weighted by molar-refractivity contribution is 5.89. The van der Waals surface area contributed by atoms with Crippen molar-refractivity contribution in [3.05, 3.63) is 40.0 Å². The van der Waals surface area contributed by atoms with E-state index < -0.39 is 23.4 Å². The summed E-state index contributed by atoms with van der Waals surface area (Å²) in [7, 11) is 0. The second kappa shape index (κ2) is 6.38. The van der Waals surface area contributed by atoms with Gasteiger partial charge in [-0.3, -0.25) is 4.90 Å². The predicted molar refractivity (Wildman–Crippen MR) is 83.8 cm³/mol. The quantitative estimate of drug-likeness (QED) is 0.477. The van der Waals surface area contributed by atoms with Crippen LogP contribution in [0.15, 0.2) is 23.3 Å². The Balaban J connectivity index is 1.84. The molecule has 1 amide bonds. The number of hydrogen-bond donors (Lipinski definition) is 0. The Bertz CT molecular complexity index is 747. The van der Waals surface area contributed by atoms with E-state index in [0.29, 0.717) is 24.1 Å². The number of carbonyl (C=O) groups is 1. The highest BCUT2D eigenvalue weighted by atomic mass is 19.1. The lowest BCUT2D eigenvalue weighted by Crippen LogP contribution is -2.26. The van der Waals surface area contributed by atoms with Crippen molar-refractivity contribution in [3.8, 4) is 6.07 Å². The Morgan fingerprint density at radius 2 is 2.25 bits per heavy atom. The van der Waals surface area contributed by atoms with E-state index in [9.17, 15) is 14.4 Å². The highest BCUT2D eigenvalue weighted by Gasteiger charge is 2.39. The van der Waals surface area contributed by atoms with Crippen LogP contribution in [0.3, 0.4) is 0 Å². The second-order valence-corrected chi connectivity index (χ2v) is 6.09. The van der Waals surface area contributed by atoms with Crippen molar-refractivity contribution < 1.29 is 13.9 Å². The summed E-state index contributed by atoms with van der Waals surface area (Å²) in [6.07, 6.45) is 1.98. The van der Waals surface area contributed by atoms with Crippen molar-refractivity contribution >= 4 is 11.8 Å².